The van der Waals surface area contributed by atoms with E-state index in [1.165, 1.54) is 19.3 Å². The number of aliphatic hydroxyl groups is 1. The molecule has 5 heteroatoms. The number of aromatic nitrogens is 2. The first-order chi connectivity index (χ1) is 9.49. The van der Waals surface area contributed by atoms with Crippen molar-refractivity contribution in [3.8, 4) is 0 Å². The van der Waals surface area contributed by atoms with E-state index in [-0.39, 0.29) is 12.1 Å². The lowest BCUT2D eigenvalue weighted by atomic mass is 9.92. The molecule has 1 fully saturated rings. The van der Waals surface area contributed by atoms with Gasteiger partial charge in [0.2, 0.25) is 5.95 Å². The van der Waals surface area contributed by atoms with Crippen molar-refractivity contribution >= 4 is 5.95 Å². The maximum Gasteiger partial charge on any atom is 0.225 e. The Kier molecular flexibility index (Phi) is 4.94. The predicted octanol–water partition coefficient (Wildman–Crippen LogP) is 1.72. The molecule has 0 unspecified atom stereocenters. The maximum atomic E-state index is 9.19. The van der Waals surface area contributed by atoms with E-state index in [2.05, 4.69) is 41.0 Å². The first-order valence-corrected chi connectivity index (χ1v) is 7.43. The van der Waals surface area contributed by atoms with Crippen molar-refractivity contribution in [1.82, 2.24) is 15.3 Å². The molecule has 2 N–H and O–H groups in total. The fraction of sp³-hybridized carbons (Fsp3) is 0.733. The summed E-state index contributed by atoms with van der Waals surface area (Å²) in [7, 11) is 0. The predicted molar refractivity (Wildman–Crippen MR) is 80.7 cm³/mol. The summed E-state index contributed by atoms with van der Waals surface area (Å²) in [6, 6.07) is 0.501. The van der Waals surface area contributed by atoms with Crippen molar-refractivity contribution < 1.29 is 5.11 Å². The van der Waals surface area contributed by atoms with E-state index in [0.29, 0.717) is 12.6 Å². The molecule has 1 aromatic heterocycles. The third-order valence-corrected chi connectivity index (χ3v) is 3.63. The normalized spacial score (nSPS) is 16.0. The molecule has 0 aromatic carbocycles. The van der Waals surface area contributed by atoms with Gasteiger partial charge in [-0.05, 0) is 40.0 Å². The average molecular weight is 278 g/mol. The highest BCUT2D eigenvalue weighted by Gasteiger charge is 2.26. The topological polar surface area (TPSA) is 61.3 Å². The molecule has 1 heterocycles. The van der Waals surface area contributed by atoms with Crippen molar-refractivity contribution in [2.24, 2.45) is 0 Å². The van der Waals surface area contributed by atoms with Gasteiger partial charge in [-0.15, -0.1) is 0 Å². The van der Waals surface area contributed by atoms with Gasteiger partial charge in [-0.1, -0.05) is 0 Å². The van der Waals surface area contributed by atoms with Crippen LogP contribution < -0.4 is 10.2 Å². The molecule has 112 valence electrons. The van der Waals surface area contributed by atoms with Gasteiger partial charge in [-0.2, -0.15) is 0 Å². The van der Waals surface area contributed by atoms with E-state index in [9.17, 15) is 5.11 Å². The molecule has 0 aliphatic heterocycles. The fourth-order valence-electron chi connectivity index (χ4n) is 2.21. The van der Waals surface area contributed by atoms with Crippen LogP contribution in [0.4, 0.5) is 5.95 Å². The SMILES string of the molecule is CC(C)(C)NCc1cnc(N(CCO)C2CCC2)nc1. The van der Waals surface area contributed by atoms with Gasteiger partial charge in [0.25, 0.3) is 0 Å². The van der Waals surface area contributed by atoms with Crippen LogP contribution in [0, 0.1) is 0 Å². The molecule has 1 aliphatic rings. The summed E-state index contributed by atoms with van der Waals surface area (Å²) in [5, 5.41) is 12.6. The Balaban J connectivity index is 1.98. The zero-order chi connectivity index (χ0) is 14.6. The maximum absolute atomic E-state index is 9.19. The van der Waals surface area contributed by atoms with Crippen LogP contribution in [0.15, 0.2) is 12.4 Å². The van der Waals surface area contributed by atoms with E-state index in [0.717, 1.165) is 18.1 Å². The van der Waals surface area contributed by atoms with Gasteiger partial charge >= 0.3 is 0 Å². The number of anilines is 1. The molecular formula is C15H26N4O. The first kappa shape index (κ1) is 15.2. The van der Waals surface area contributed by atoms with Gasteiger partial charge < -0.3 is 15.3 Å². The monoisotopic (exact) mass is 278 g/mol. The van der Waals surface area contributed by atoms with Gasteiger partial charge in [0.1, 0.15) is 0 Å². The molecule has 20 heavy (non-hydrogen) atoms. The average Bonchev–Trinajstić information content (AvgIpc) is 2.33. The largest absolute Gasteiger partial charge is 0.395 e. The highest BCUT2D eigenvalue weighted by molar-refractivity contribution is 5.32. The summed E-state index contributed by atoms with van der Waals surface area (Å²) >= 11 is 0. The lowest BCUT2D eigenvalue weighted by Crippen LogP contribution is -2.43. The van der Waals surface area contributed by atoms with Gasteiger partial charge in [-0.25, -0.2) is 9.97 Å². The zero-order valence-electron chi connectivity index (χ0n) is 12.8. The Labute approximate surface area is 121 Å². The third kappa shape index (κ3) is 4.15. The number of nitrogens with zero attached hydrogens (tertiary/aromatic N) is 3. The highest BCUT2D eigenvalue weighted by atomic mass is 16.3. The second kappa shape index (κ2) is 6.50. The molecule has 1 saturated carbocycles. The minimum absolute atomic E-state index is 0.0908. The van der Waals surface area contributed by atoms with Crippen molar-refractivity contribution in [1.29, 1.82) is 0 Å². The minimum atomic E-state index is 0.0908. The molecule has 0 bridgehead atoms. The minimum Gasteiger partial charge on any atom is -0.395 e. The molecule has 0 saturated heterocycles. The summed E-state index contributed by atoms with van der Waals surface area (Å²) in [5.41, 5.74) is 1.18. The molecule has 5 nitrogen and oxygen atoms in total. The van der Waals surface area contributed by atoms with Gasteiger partial charge in [0, 0.05) is 42.6 Å². The Hall–Kier alpha value is -1.20. The van der Waals surface area contributed by atoms with E-state index >= 15 is 0 Å². The Bertz CT molecular complexity index is 409. The van der Waals surface area contributed by atoms with Crippen LogP contribution in [-0.4, -0.2) is 39.8 Å². The molecule has 0 amide bonds. The van der Waals surface area contributed by atoms with Crippen LogP contribution >= 0.6 is 0 Å². The molecule has 1 aromatic rings. The van der Waals surface area contributed by atoms with Crippen LogP contribution in [0.25, 0.3) is 0 Å². The van der Waals surface area contributed by atoms with E-state index in [1.807, 2.05) is 12.4 Å². The van der Waals surface area contributed by atoms with Crippen LogP contribution in [0.5, 0.6) is 0 Å². The Morgan fingerprint density at radius 3 is 2.40 bits per heavy atom. The number of hydrogen-bond donors (Lipinski definition) is 2. The van der Waals surface area contributed by atoms with Crippen molar-refractivity contribution in [2.75, 3.05) is 18.1 Å². The lowest BCUT2D eigenvalue weighted by molar-refractivity contribution is 0.282. The zero-order valence-corrected chi connectivity index (χ0v) is 12.8. The molecule has 1 aliphatic carbocycles. The standard InChI is InChI=1S/C15H26N4O/c1-15(2,3)18-11-12-9-16-14(17-10-12)19(7-8-20)13-5-4-6-13/h9-10,13,18,20H,4-8,11H2,1-3H3. The number of rotatable bonds is 6. The first-order valence-electron chi connectivity index (χ1n) is 7.43. The summed E-state index contributed by atoms with van der Waals surface area (Å²) in [4.78, 5) is 11.1. The molecule has 0 spiro atoms. The van der Waals surface area contributed by atoms with Crippen molar-refractivity contribution in [2.45, 2.75) is 58.2 Å². The van der Waals surface area contributed by atoms with E-state index in [1.54, 1.807) is 0 Å². The second-order valence-electron chi connectivity index (χ2n) is 6.50. The van der Waals surface area contributed by atoms with Crippen LogP contribution in [0.1, 0.15) is 45.6 Å². The third-order valence-electron chi connectivity index (χ3n) is 3.63. The van der Waals surface area contributed by atoms with Crippen molar-refractivity contribution in [3.63, 3.8) is 0 Å². The number of aliphatic hydroxyl groups excluding tert-OH is 1. The van der Waals surface area contributed by atoms with Crippen LogP contribution in [-0.2, 0) is 6.54 Å². The van der Waals surface area contributed by atoms with Crippen LogP contribution in [0.2, 0.25) is 0 Å². The summed E-state index contributed by atoms with van der Waals surface area (Å²) < 4.78 is 0. The van der Waals surface area contributed by atoms with Crippen molar-refractivity contribution in [3.05, 3.63) is 18.0 Å². The second-order valence-corrected chi connectivity index (χ2v) is 6.50. The van der Waals surface area contributed by atoms with Gasteiger partial charge in [-0.3, -0.25) is 0 Å². The summed E-state index contributed by atoms with van der Waals surface area (Å²) in [5.74, 6) is 0.739. The smallest absolute Gasteiger partial charge is 0.225 e. The summed E-state index contributed by atoms with van der Waals surface area (Å²) in [6.07, 6.45) is 7.38. The number of hydrogen-bond acceptors (Lipinski definition) is 5. The van der Waals surface area contributed by atoms with E-state index < -0.39 is 0 Å². The quantitative estimate of drug-likeness (QED) is 0.829. The molecule has 2 rings (SSSR count). The fourth-order valence-corrected chi connectivity index (χ4v) is 2.21. The molecule has 0 atom stereocenters. The van der Waals surface area contributed by atoms with E-state index in [4.69, 9.17) is 0 Å². The van der Waals surface area contributed by atoms with Gasteiger partial charge in [0.15, 0.2) is 0 Å². The lowest BCUT2D eigenvalue weighted by Gasteiger charge is -2.37. The molecule has 0 radical (unpaired) electrons. The Morgan fingerprint density at radius 1 is 1.30 bits per heavy atom. The summed E-state index contributed by atoms with van der Waals surface area (Å²) in [6.45, 7) is 7.95. The molecular weight excluding hydrogens is 252 g/mol. The highest BCUT2D eigenvalue weighted by Crippen LogP contribution is 2.27. The van der Waals surface area contributed by atoms with Gasteiger partial charge in [0.05, 0.1) is 6.61 Å². The Morgan fingerprint density at radius 2 is 1.95 bits per heavy atom. The van der Waals surface area contributed by atoms with Crippen LogP contribution in [0.3, 0.4) is 0 Å². The number of nitrogens with one attached hydrogen (secondary N) is 1.